The van der Waals surface area contributed by atoms with E-state index in [4.69, 9.17) is 0 Å². The average molecular weight is 310 g/mol. The minimum Gasteiger partial charge on any atom is -0.351 e. The largest absolute Gasteiger partial charge is 0.351 e. The number of aryl methyl sites for hydroxylation is 1. The van der Waals surface area contributed by atoms with Gasteiger partial charge in [-0.1, -0.05) is 17.8 Å². The van der Waals surface area contributed by atoms with E-state index in [1.807, 2.05) is 11.8 Å². The third-order valence-electron chi connectivity index (χ3n) is 3.66. The Bertz CT molecular complexity index is 489. The lowest BCUT2D eigenvalue weighted by Gasteiger charge is -2.20. The minimum absolute atomic E-state index is 0.107. The van der Waals surface area contributed by atoms with Crippen molar-refractivity contribution < 1.29 is 9.59 Å². The molecule has 0 radical (unpaired) electrons. The summed E-state index contributed by atoms with van der Waals surface area (Å²) in [5.74, 6) is 0.141. The molecule has 0 spiro atoms. The molecule has 1 aromatic heterocycles. The van der Waals surface area contributed by atoms with Gasteiger partial charge < -0.3 is 10.2 Å². The van der Waals surface area contributed by atoms with Crippen LogP contribution in [0.15, 0.2) is 0 Å². The van der Waals surface area contributed by atoms with Gasteiger partial charge in [-0.2, -0.15) is 0 Å². The van der Waals surface area contributed by atoms with Gasteiger partial charge in [0, 0.05) is 26.1 Å². The summed E-state index contributed by atoms with van der Waals surface area (Å²) in [6.07, 6.45) is 5.39. The maximum Gasteiger partial charge on any atom is 0.264 e. The van der Waals surface area contributed by atoms with E-state index in [1.54, 1.807) is 0 Å². The highest BCUT2D eigenvalue weighted by atomic mass is 32.1. The molecule has 1 fully saturated rings. The Balaban J connectivity index is 1.72. The molecule has 0 saturated carbocycles. The van der Waals surface area contributed by atoms with Crippen molar-refractivity contribution >= 4 is 23.3 Å². The fourth-order valence-corrected chi connectivity index (χ4v) is 3.11. The average Bonchev–Trinajstić information content (AvgIpc) is 2.88. The molecule has 1 saturated heterocycles. The highest BCUT2D eigenvalue weighted by molar-refractivity contribution is 7.08. The molecule has 1 aliphatic rings. The molecular formula is C14H22N4O2S. The van der Waals surface area contributed by atoms with Gasteiger partial charge in [0.15, 0.2) is 0 Å². The molecule has 2 heterocycles. The number of hydrogen-bond acceptors (Lipinski definition) is 5. The van der Waals surface area contributed by atoms with Crippen molar-refractivity contribution in [2.75, 3.05) is 19.6 Å². The Morgan fingerprint density at radius 2 is 2.24 bits per heavy atom. The Morgan fingerprint density at radius 3 is 3.05 bits per heavy atom. The number of likely N-dealkylation sites (tertiary alicyclic amines) is 1. The van der Waals surface area contributed by atoms with Gasteiger partial charge in [0.05, 0.1) is 5.69 Å². The zero-order valence-electron chi connectivity index (χ0n) is 12.4. The van der Waals surface area contributed by atoms with Crippen LogP contribution in [0.2, 0.25) is 0 Å². The Morgan fingerprint density at radius 1 is 1.38 bits per heavy atom. The van der Waals surface area contributed by atoms with E-state index in [0.717, 1.165) is 56.0 Å². The quantitative estimate of drug-likeness (QED) is 0.810. The number of amides is 2. The highest BCUT2D eigenvalue weighted by Gasteiger charge is 2.17. The van der Waals surface area contributed by atoms with Crippen LogP contribution in [0.4, 0.5) is 0 Å². The maximum atomic E-state index is 12.0. The third kappa shape index (κ3) is 4.49. The van der Waals surface area contributed by atoms with E-state index < -0.39 is 0 Å². The van der Waals surface area contributed by atoms with E-state index in [2.05, 4.69) is 14.9 Å². The SMILES string of the molecule is CCc1nnsc1C(=O)NCCCN1CCCCCC1=O. The highest BCUT2D eigenvalue weighted by Crippen LogP contribution is 2.12. The molecule has 21 heavy (non-hydrogen) atoms. The number of nitrogens with zero attached hydrogens (tertiary/aromatic N) is 3. The number of hydrogen-bond donors (Lipinski definition) is 1. The van der Waals surface area contributed by atoms with Crippen LogP contribution in [-0.2, 0) is 11.2 Å². The standard InChI is InChI=1S/C14H22N4O2S/c1-2-11-13(21-17-16-11)14(20)15-8-6-10-18-9-5-3-4-7-12(18)19/h2-10H2,1H3,(H,15,20). The van der Waals surface area contributed by atoms with Crippen molar-refractivity contribution in [2.45, 2.75) is 45.4 Å². The fraction of sp³-hybridized carbons (Fsp3) is 0.714. The van der Waals surface area contributed by atoms with Crippen LogP contribution in [0.25, 0.3) is 0 Å². The fourth-order valence-electron chi connectivity index (χ4n) is 2.44. The molecule has 7 heteroatoms. The lowest BCUT2D eigenvalue weighted by atomic mass is 10.2. The molecule has 0 unspecified atom stereocenters. The number of carbonyl (C=O) groups is 2. The topological polar surface area (TPSA) is 75.2 Å². The van der Waals surface area contributed by atoms with Crippen molar-refractivity contribution in [3.8, 4) is 0 Å². The van der Waals surface area contributed by atoms with Gasteiger partial charge in [-0.25, -0.2) is 0 Å². The molecule has 2 rings (SSSR count). The van der Waals surface area contributed by atoms with Crippen LogP contribution in [0.1, 0.15) is 54.4 Å². The Kier molecular flexibility index (Phi) is 6.10. The first kappa shape index (κ1) is 15.9. The van der Waals surface area contributed by atoms with Crippen LogP contribution in [-0.4, -0.2) is 45.9 Å². The number of carbonyl (C=O) groups excluding carboxylic acids is 2. The lowest BCUT2D eigenvalue weighted by Crippen LogP contribution is -2.34. The summed E-state index contributed by atoms with van der Waals surface area (Å²) in [5, 5.41) is 6.82. The zero-order valence-corrected chi connectivity index (χ0v) is 13.2. The van der Waals surface area contributed by atoms with Crippen LogP contribution < -0.4 is 5.32 Å². The van der Waals surface area contributed by atoms with E-state index >= 15 is 0 Å². The molecule has 1 N–H and O–H groups in total. The summed E-state index contributed by atoms with van der Waals surface area (Å²) in [5.41, 5.74) is 0.750. The lowest BCUT2D eigenvalue weighted by molar-refractivity contribution is -0.130. The van der Waals surface area contributed by atoms with E-state index in [9.17, 15) is 9.59 Å². The zero-order chi connectivity index (χ0) is 15.1. The predicted molar refractivity (Wildman–Crippen MR) is 81.3 cm³/mol. The molecule has 0 aliphatic carbocycles. The van der Waals surface area contributed by atoms with E-state index in [0.29, 0.717) is 24.3 Å². The van der Waals surface area contributed by atoms with E-state index in [-0.39, 0.29) is 11.8 Å². The van der Waals surface area contributed by atoms with Gasteiger partial charge in [0.2, 0.25) is 5.91 Å². The predicted octanol–water partition coefficient (Wildman–Crippen LogP) is 1.62. The van der Waals surface area contributed by atoms with Crippen molar-refractivity contribution in [3.05, 3.63) is 10.6 Å². The smallest absolute Gasteiger partial charge is 0.264 e. The van der Waals surface area contributed by atoms with Gasteiger partial charge in [-0.05, 0) is 37.2 Å². The molecule has 0 aromatic carbocycles. The number of nitrogens with one attached hydrogen (secondary N) is 1. The monoisotopic (exact) mass is 310 g/mol. The number of aromatic nitrogens is 2. The Hall–Kier alpha value is -1.50. The summed E-state index contributed by atoms with van der Waals surface area (Å²) in [7, 11) is 0. The van der Waals surface area contributed by atoms with Gasteiger partial charge in [0.25, 0.3) is 5.91 Å². The molecule has 2 amide bonds. The van der Waals surface area contributed by atoms with E-state index in [1.165, 1.54) is 0 Å². The van der Waals surface area contributed by atoms with Crippen molar-refractivity contribution in [3.63, 3.8) is 0 Å². The van der Waals surface area contributed by atoms with Crippen molar-refractivity contribution in [1.29, 1.82) is 0 Å². The summed E-state index contributed by atoms with van der Waals surface area (Å²) in [4.78, 5) is 26.4. The summed E-state index contributed by atoms with van der Waals surface area (Å²) in [6.45, 7) is 4.11. The second kappa shape index (κ2) is 8.07. The van der Waals surface area contributed by atoms with Gasteiger partial charge in [-0.3, -0.25) is 9.59 Å². The second-order valence-electron chi connectivity index (χ2n) is 5.20. The molecule has 0 atom stereocenters. The molecule has 0 bridgehead atoms. The van der Waals surface area contributed by atoms with Crippen LogP contribution >= 0.6 is 11.5 Å². The normalized spacial score (nSPS) is 15.9. The molecule has 1 aliphatic heterocycles. The maximum absolute atomic E-state index is 12.0. The first-order chi connectivity index (χ1) is 10.2. The molecule has 116 valence electrons. The number of rotatable bonds is 6. The molecule has 1 aromatic rings. The molecular weight excluding hydrogens is 288 g/mol. The minimum atomic E-state index is -0.107. The van der Waals surface area contributed by atoms with Gasteiger partial charge in [0.1, 0.15) is 4.88 Å². The van der Waals surface area contributed by atoms with Gasteiger partial charge >= 0.3 is 0 Å². The first-order valence-electron chi connectivity index (χ1n) is 7.59. The first-order valence-corrected chi connectivity index (χ1v) is 8.37. The Labute approximate surface area is 129 Å². The van der Waals surface area contributed by atoms with Gasteiger partial charge in [-0.15, -0.1) is 5.10 Å². The third-order valence-corrected chi connectivity index (χ3v) is 4.43. The summed E-state index contributed by atoms with van der Waals surface area (Å²) >= 11 is 1.13. The van der Waals surface area contributed by atoms with Crippen LogP contribution in [0.3, 0.4) is 0 Å². The van der Waals surface area contributed by atoms with Crippen molar-refractivity contribution in [1.82, 2.24) is 19.8 Å². The van der Waals surface area contributed by atoms with Crippen LogP contribution in [0, 0.1) is 0 Å². The molecule has 6 nitrogen and oxygen atoms in total. The van der Waals surface area contributed by atoms with Crippen molar-refractivity contribution in [2.24, 2.45) is 0 Å². The summed E-state index contributed by atoms with van der Waals surface area (Å²) < 4.78 is 3.81. The second-order valence-corrected chi connectivity index (χ2v) is 5.96. The van der Waals surface area contributed by atoms with Crippen LogP contribution in [0.5, 0.6) is 0 Å². The summed E-state index contributed by atoms with van der Waals surface area (Å²) in [6, 6.07) is 0.